The van der Waals surface area contributed by atoms with Crippen LogP contribution in [-0.4, -0.2) is 9.97 Å². The second kappa shape index (κ2) is 7.71. The van der Waals surface area contributed by atoms with E-state index in [9.17, 15) is 5.26 Å². The summed E-state index contributed by atoms with van der Waals surface area (Å²) in [5.41, 5.74) is 11.8. The molecule has 2 aromatic carbocycles. The molecule has 0 aliphatic rings. The van der Waals surface area contributed by atoms with Crippen LogP contribution in [0.2, 0.25) is 10.2 Å². The lowest BCUT2D eigenvalue weighted by atomic mass is 9.96. The second-order valence-electron chi connectivity index (χ2n) is 6.78. The van der Waals surface area contributed by atoms with Crippen LogP contribution in [0.25, 0.3) is 33.3 Å². The van der Waals surface area contributed by atoms with Crippen molar-refractivity contribution in [3.8, 4) is 28.5 Å². The Morgan fingerprint density at radius 3 is 2.45 bits per heavy atom. The minimum atomic E-state index is 0.122. The predicted octanol–water partition coefficient (Wildman–Crippen LogP) is 6.23. The van der Waals surface area contributed by atoms with E-state index < -0.39 is 0 Å². The molecule has 6 heteroatoms. The van der Waals surface area contributed by atoms with Crippen LogP contribution in [0.4, 0.5) is 5.82 Å². The number of nitriles is 1. The Bertz CT molecular complexity index is 1280. The molecule has 0 saturated carbocycles. The van der Waals surface area contributed by atoms with E-state index >= 15 is 0 Å². The lowest BCUT2D eigenvalue weighted by molar-refractivity contribution is 1.20. The fourth-order valence-corrected chi connectivity index (χ4v) is 3.68. The Balaban J connectivity index is 1.97. The molecule has 0 aliphatic heterocycles. The van der Waals surface area contributed by atoms with Gasteiger partial charge in [-0.25, -0.2) is 9.97 Å². The topological polar surface area (TPSA) is 75.6 Å². The summed E-state index contributed by atoms with van der Waals surface area (Å²) in [6.07, 6.45) is 0.122. The zero-order valence-electron chi connectivity index (χ0n) is 15.6. The van der Waals surface area contributed by atoms with Crippen LogP contribution < -0.4 is 5.73 Å². The highest BCUT2D eigenvalue weighted by molar-refractivity contribution is 6.32. The van der Waals surface area contributed by atoms with Crippen molar-refractivity contribution < 1.29 is 0 Å². The van der Waals surface area contributed by atoms with Crippen molar-refractivity contribution in [2.75, 3.05) is 5.73 Å². The third-order valence-corrected chi connectivity index (χ3v) is 5.31. The summed E-state index contributed by atoms with van der Waals surface area (Å²) in [4.78, 5) is 9.06. The van der Waals surface area contributed by atoms with E-state index in [1.54, 1.807) is 12.1 Å². The SMILES string of the molecule is Cc1ccc2cc(-c3cc(-c4ccc(Cl)cc4)nc(N)c3CC#N)c(Cl)nc2c1. The van der Waals surface area contributed by atoms with Crippen molar-refractivity contribution in [2.45, 2.75) is 13.3 Å². The molecule has 0 aliphatic carbocycles. The number of halogens is 2. The maximum absolute atomic E-state index is 9.31. The number of hydrogen-bond acceptors (Lipinski definition) is 4. The average Bonchev–Trinajstić information content (AvgIpc) is 2.69. The van der Waals surface area contributed by atoms with Gasteiger partial charge >= 0.3 is 0 Å². The van der Waals surface area contributed by atoms with E-state index in [1.165, 1.54) is 0 Å². The summed E-state index contributed by atoms with van der Waals surface area (Å²) in [5.74, 6) is 0.300. The van der Waals surface area contributed by atoms with Gasteiger partial charge in [0.15, 0.2) is 0 Å². The predicted molar refractivity (Wildman–Crippen MR) is 119 cm³/mol. The smallest absolute Gasteiger partial charge is 0.137 e. The zero-order valence-corrected chi connectivity index (χ0v) is 17.1. The average molecular weight is 419 g/mol. The molecule has 0 radical (unpaired) electrons. The van der Waals surface area contributed by atoms with Crippen molar-refractivity contribution >= 4 is 39.9 Å². The number of aryl methyl sites for hydroxylation is 1. The number of nitrogens with two attached hydrogens (primary N) is 1. The minimum absolute atomic E-state index is 0.122. The van der Waals surface area contributed by atoms with Crippen LogP contribution in [0, 0.1) is 18.3 Å². The molecule has 0 saturated heterocycles. The first kappa shape index (κ1) is 19.2. The number of rotatable bonds is 3. The number of benzene rings is 2. The van der Waals surface area contributed by atoms with E-state index in [2.05, 4.69) is 16.0 Å². The highest BCUT2D eigenvalue weighted by Crippen LogP contribution is 2.37. The number of nitrogens with zero attached hydrogens (tertiary/aromatic N) is 3. The van der Waals surface area contributed by atoms with Crippen LogP contribution in [-0.2, 0) is 6.42 Å². The quantitative estimate of drug-likeness (QED) is 0.400. The third kappa shape index (κ3) is 3.75. The van der Waals surface area contributed by atoms with Crippen molar-refractivity contribution in [1.82, 2.24) is 9.97 Å². The van der Waals surface area contributed by atoms with Gasteiger partial charge in [-0.05, 0) is 48.4 Å². The molecule has 0 spiro atoms. The van der Waals surface area contributed by atoms with E-state index in [1.807, 2.05) is 49.4 Å². The summed E-state index contributed by atoms with van der Waals surface area (Å²) < 4.78 is 0. The van der Waals surface area contributed by atoms with Gasteiger partial charge in [-0.2, -0.15) is 5.26 Å². The first-order valence-electron chi connectivity index (χ1n) is 8.96. The van der Waals surface area contributed by atoms with Crippen molar-refractivity contribution in [3.63, 3.8) is 0 Å². The van der Waals surface area contributed by atoms with E-state index in [0.29, 0.717) is 27.3 Å². The van der Waals surface area contributed by atoms with Gasteiger partial charge in [0.25, 0.3) is 0 Å². The fourth-order valence-electron chi connectivity index (χ4n) is 3.31. The molecule has 142 valence electrons. The molecule has 0 fully saturated rings. The van der Waals surface area contributed by atoms with Crippen LogP contribution in [0.15, 0.2) is 54.6 Å². The lowest BCUT2D eigenvalue weighted by Gasteiger charge is -2.14. The molecule has 0 amide bonds. The van der Waals surface area contributed by atoms with Crippen molar-refractivity contribution in [2.24, 2.45) is 0 Å². The van der Waals surface area contributed by atoms with Gasteiger partial charge in [-0.15, -0.1) is 0 Å². The number of hydrogen-bond donors (Lipinski definition) is 1. The Labute approximate surface area is 178 Å². The molecule has 4 rings (SSSR count). The first-order chi connectivity index (χ1) is 14.0. The lowest BCUT2D eigenvalue weighted by Crippen LogP contribution is -2.02. The minimum Gasteiger partial charge on any atom is -0.383 e. The molecular formula is C23H16Cl2N4. The molecule has 29 heavy (non-hydrogen) atoms. The molecule has 0 unspecified atom stereocenters. The number of pyridine rings is 2. The summed E-state index contributed by atoms with van der Waals surface area (Å²) in [7, 11) is 0. The summed E-state index contributed by atoms with van der Waals surface area (Å²) in [6, 6.07) is 19.4. The Morgan fingerprint density at radius 1 is 0.966 bits per heavy atom. The maximum Gasteiger partial charge on any atom is 0.137 e. The molecule has 4 nitrogen and oxygen atoms in total. The monoisotopic (exact) mass is 418 g/mol. The zero-order chi connectivity index (χ0) is 20.5. The van der Waals surface area contributed by atoms with E-state index in [4.69, 9.17) is 28.9 Å². The molecule has 2 N–H and O–H groups in total. The van der Waals surface area contributed by atoms with E-state index in [-0.39, 0.29) is 6.42 Å². The highest BCUT2D eigenvalue weighted by Gasteiger charge is 2.17. The third-order valence-electron chi connectivity index (χ3n) is 4.77. The number of anilines is 1. The maximum atomic E-state index is 9.31. The van der Waals surface area contributed by atoms with Gasteiger partial charge in [0.2, 0.25) is 0 Å². The fraction of sp³-hybridized carbons (Fsp3) is 0.0870. The van der Waals surface area contributed by atoms with Crippen molar-refractivity contribution in [3.05, 3.63) is 75.9 Å². The first-order valence-corrected chi connectivity index (χ1v) is 9.71. The van der Waals surface area contributed by atoms with Crippen LogP contribution in [0.3, 0.4) is 0 Å². The molecule has 0 bridgehead atoms. The van der Waals surface area contributed by atoms with Crippen LogP contribution >= 0.6 is 23.2 Å². The van der Waals surface area contributed by atoms with Gasteiger partial charge in [-0.1, -0.05) is 47.5 Å². The normalized spacial score (nSPS) is 10.8. The Kier molecular flexibility index (Phi) is 5.10. The van der Waals surface area contributed by atoms with Gasteiger partial charge in [0, 0.05) is 27.1 Å². The molecular weight excluding hydrogens is 403 g/mol. The van der Waals surface area contributed by atoms with Gasteiger partial charge in [-0.3, -0.25) is 0 Å². The molecule has 2 aromatic heterocycles. The Hall–Kier alpha value is -3.13. The summed E-state index contributed by atoms with van der Waals surface area (Å²) >= 11 is 12.6. The van der Waals surface area contributed by atoms with Gasteiger partial charge < -0.3 is 5.73 Å². The number of fused-ring (bicyclic) bond motifs is 1. The summed E-state index contributed by atoms with van der Waals surface area (Å²) in [6.45, 7) is 2.01. The standard InChI is InChI=1S/C23H16Cl2N4/c1-13-2-3-15-11-19(22(25)28-20(15)10-13)18-12-21(14-4-6-16(24)7-5-14)29-23(27)17(18)8-9-26/h2-7,10-12H,8H2,1H3,(H2,27,29). The largest absolute Gasteiger partial charge is 0.383 e. The van der Waals surface area contributed by atoms with Crippen molar-refractivity contribution in [1.29, 1.82) is 5.26 Å². The number of aromatic nitrogens is 2. The molecule has 0 atom stereocenters. The highest BCUT2D eigenvalue weighted by atomic mass is 35.5. The summed E-state index contributed by atoms with van der Waals surface area (Å²) in [5, 5.41) is 11.3. The van der Waals surface area contributed by atoms with Gasteiger partial charge in [0.05, 0.1) is 23.7 Å². The van der Waals surface area contributed by atoms with E-state index in [0.717, 1.165) is 33.2 Å². The Morgan fingerprint density at radius 2 is 1.72 bits per heavy atom. The van der Waals surface area contributed by atoms with Gasteiger partial charge in [0.1, 0.15) is 11.0 Å². The molecule has 2 heterocycles. The van der Waals surface area contributed by atoms with Crippen LogP contribution in [0.5, 0.6) is 0 Å². The molecule has 4 aromatic rings. The second-order valence-corrected chi connectivity index (χ2v) is 7.58. The number of nitrogen functional groups attached to an aromatic ring is 1. The van der Waals surface area contributed by atoms with Crippen LogP contribution in [0.1, 0.15) is 11.1 Å².